The maximum Gasteiger partial charge on any atom is 0.326 e. The molecule has 8 N–H and O–H groups in total. The van der Waals surface area contributed by atoms with Gasteiger partial charge in [0.05, 0.1) is 17.8 Å². The Labute approximate surface area is 164 Å². The van der Waals surface area contributed by atoms with Gasteiger partial charge in [0.1, 0.15) is 12.4 Å². The molecule has 0 aliphatic rings. The van der Waals surface area contributed by atoms with E-state index in [-0.39, 0.29) is 24.7 Å². The highest BCUT2D eigenvalue weighted by atomic mass is 16.4. The summed E-state index contributed by atoms with van der Waals surface area (Å²) in [5.41, 5.74) is 17.7. The second kappa shape index (κ2) is 11.5. The Bertz CT molecular complexity index is 662. The molecule has 0 spiro atoms. The summed E-state index contributed by atoms with van der Waals surface area (Å²) in [4.78, 5) is 39.9. The first-order chi connectivity index (χ1) is 13.2. The molecule has 0 bridgehead atoms. The Balaban J connectivity index is 2.65. The second-order valence-corrected chi connectivity index (χ2v) is 7.02. The molecule has 4 atom stereocenters. The summed E-state index contributed by atoms with van der Waals surface area (Å²) >= 11 is 0. The van der Waals surface area contributed by atoms with E-state index in [9.17, 15) is 19.5 Å². The molecule has 0 fully saturated rings. The number of aliphatic carboxylic acids is 1. The predicted molar refractivity (Wildman–Crippen MR) is 104 cm³/mol. The van der Waals surface area contributed by atoms with Crippen molar-refractivity contribution in [2.45, 2.75) is 64.1 Å². The molecular formula is C18H32N6O4. The molecule has 1 aromatic heterocycles. The maximum atomic E-state index is 12.3. The van der Waals surface area contributed by atoms with Crippen LogP contribution in [0.25, 0.3) is 0 Å². The Morgan fingerprint density at radius 1 is 1.29 bits per heavy atom. The van der Waals surface area contributed by atoms with E-state index < -0.39 is 30.0 Å². The Morgan fingerprint density at radius 2 is 1.96 bits per heavy atom. The highest BCUT2D eigenvalue weighted by Gasteiger charge is 2.25. The summed E-state index contributed by atoms with van der Waals surface area (Å²) in [5, 5.41) is 11.7. The van der Waals surface area contributed by atoms with Crippen LogP contribution in [0, 0.1) is 5.92 Å². The van der Waals surface area contributed by atoms with Crippen molar-refractivity contribution >= 4 is 17.8 Å². The maximum absolute atomic E-state index is 12.3. The van der Waals surface area contributed by atoms with E-state index in [1.807, 2.05) is 13.8 Å². The molecule has 0 aliphatic heterocycles. The van der Waals surface area contributed by atoms with Crippen LogP contribution in [0.5, 0.6) is 0 Å². The number of hydrogen-bond acceptors (Lipinski definition) is 7. The van der Waals surface area contributed by atoms with Gasteiger partial charge in [-0.25, -0.2) is 9.78 Å². The fraction of sp³-hybridized carbons (Fsp3) is 0.667. The molecule has 1 rings (SSSR count). The first-order valence-corrected chi connectivity index (χ1v) is 9.52. The molecule has 0 saturated carbocycles. The van der Waals surface area contributed by atoms with Crippen LogP contribution in [-0.4, -0.2) is 57.1 Å². The van der Waals surface area contributed by atoms with Crippen LogP contribution < -0.4 is 22.5 Å². The number of carboxylic acid groups (broad SMARTS) is 1. The van der Waals surface area contributed by atoms with Gasteiger partial charge in [-0.05, 0) is 31.7 Å². The van der Waals surface area contributed by atoms with Crippen LogP contribution in [0.4, 0.5) is 0 Å². The summed E-state index contributed by atoms with van der Waals surface area (Å²) in [5.74, 6) is -1.96. The highest BCUT2D eigenvalue weighted by Crippen LogP contribution is 2.09. The quantitative estimate of drug-likeness (QED) is 0.292. The minimum Gasteiger partial charge on any atom is -0.480 e. The third-order valence-electron chi connectivity index (χ3n) is 4.76. The van der Waals surface area contributed by atoms with Gasteiger partial charge in [-0.3, -0.25) is 14.2 Å². The Hall–Kier alpha value is -2.30. The van der Waals surface area contributed by atoms with E-state index in [1.54, 1.807) is 0 Å². The number of amides is 1. The average Bonchev–Trinajstić information content (AvgIpc) is 3.13. The lowest BCUT2D eigenvalue weighted by Gasteiger charge is -2.17. The van der Waals surface area contributed by atoms with Gasteiger partial charge in [0, 0.05) is 12.6 Å². The number of imidazole rings is 1. The van der Waals surface area contributed by atoms with E-state index in [0.717, 1.165) is 6.42 Å². The molecule has 0 unspecified atom stereocenters. The van der Waals surface area contributed by atoms with Crippen LogP contribution in [-0.2, 0) is 16.0 Å². The van der Waals surface area contributed by atoms with Crippen LogP contribution in [0.2, 0.25) is 0 Å². The van der Waals surface area contributed by atoms with Crippen molar-refractivity contribution in [2.24, 2.45) is 23.1 Å². The fourth-order valence-corrected chi connectivity index (χ4v) is 2.61. The van der Waals surface area contributed by atoms with Gasteiger partial charge in [-0.1, -0.05) is 20.3 Å². The topological polar surface area (TPSA) is 179 Å². The number of nitrogens with one attached hydrogen (secondary N) is 1. The van der Waals surface area contributed by atoms with Crippen molar-refractivity contribution in [3.63, 3.8) is 0 Å². The molecular weight excluding hydrogens is 364 g/mol. The van der Waals surface area contributed by atoms with E-state index in [4.69, 9.17) is 17.2 Å². The number of nitrogens with two attached hydrogens (primary N) is 3. The molecule has 1 heterocycles. The smallest absolute Gasteiger partial charge is 0.326 e. The normalized spacial score (nSPS) is 15.5. The third kappa shape index (κ3) is 7.02. The number of nitrogens with zero attached hydrogens (tertiary/aromatic N) is 2. The van der Waals surface area contributed by atoms with Gasteiger partial charge >= 0.3 is 5.97 Å². The van der Waals surface area contributed by atoms with Crippen LogP contribution >= 0.6 is 0 Å². The zero-order valence-corrected chi connectivity index (χ0v) is 16.5. The van der Waals surface area contributed by atoms with Gasteiger partial charge in [-0.2, -0.15) is 0 Å². The number of unbranched alkanes of at least 4 members (excludes halogenated alkanes) is 1. The molecule has 28 heavy (non-hydrogen) atoms. The van der Waals surface area contributed by atoms with E-state index >= 15 is 0 Å². The Morgan fingerprint density at radius 3 is 2.54 bits per heavy atom. The monoisotopic (exact) mass is 396 g/mol. The number of carbonyl (C=O) groups excluding carboxylic acids is 2. The molecule has 0 saturated heterocycles. The molecule has 10 nitrogen and oxygen atoms in total. The lowest BCUT2D eigenvalue weighted by molar-refractivity contribution is -0.142. The highest BCUT2D eigenvalue weighted by molar-refractivity contribution is 5.87. The van der Waals surface area contributed by atoms with Gasteiger partial charge in [0.2, 0.25) is 11.8 Å². The van der Waals surface area contributed by atoms with Crippen molar-refractivity contribution < 1.29 is 19.5 Å². The third-order valence-corrected chi connectivity index (χ3v) is 4.76. The number of aromatic nitrogens is 2. The van der Waals surface area contributed by atoms with E-state index in [1.165, 1.54) is 17.1 Å². The summed E-state index contributed by atoms with van der Waals surface area (Å²) in [6, 6.07) is -2.65. The molecule has 1 aromatic rings. The molecule has 1 amide bonds. The summed E-state index contributed by atoms with van der Waals surface area (Å²) in [6.45, 7) is 4.31. The van der Waals surface area contributed by atoms with E-state index in [0.29, 0.717) is 25.1 Å². The van der Waals surface area contributed by atoms with Gasteiger partial charge in [0.25, 0.3) is 0 Å². The van der Waals surface area contributed by atoms with Crippen LogP contribution in [0.3, 0.4) is 0 Å². The van der Waals surface area contributed by atoms with Crippen molar-refractivity contribution in [2.75, 3.05) is 6.54 Å². The number of carbonyl (C=O) groups is 3. The number of rotatable bonds is 12. The number of carboxylic acids is 1. The summed E-state index contributed by atoms with van der Waals surface area (Å²) in [6.07, 6.45) is 5.23. The predicted octanol–water partition coefficient (Wildman–Crippen LogP) is -0.535. The van der Waals surface area contributed by atoms with Crippen molar-refractivity contribution in [1.29, 1.82) is 0 Å². The lowest BCUT2D eigenvalue weighted by Crippen LogP contribution is -2.49. The molecule has 158 valence electrons. The van der Waals surface area contributed by atoms with Crippen LogP contribution in [0.1, 0.15) is 50.0 Å². The fourth-order valence-electron chi connectivity index (χ4n) is 2.61. The minimum absolute atomic E-state index is 0.0265. The Kier molecular flexibility index (Phi) is 9.77. The number of hydrogen-bond donors (Lipinski definition) is 5. The average molecular weight is 396 g/mol. The van der Waals surface area contributed by atoms with Crippen molar-refractivity contribution in [3.05, 3.63) is 18.2 Å². The SMILES string of the molecule is CC[C@H](C)[C@H](N)C(=O)n1cnc(C[C@H](N)C(=O)N[C@@H](CCCCN)C(=O)O)c1. The first-order valence-electron chi connectivity index (χ1n) is 9.52. The standard InChI is InChI=1S/C18H32N6O4/c1-3-11(2)15(21)17(26)24-9-12(22-10-24)8-13(20)16(25)23-14(18(27)28)6-4-5-7-19/h9-11,13-15H,3-8,19-21H2,1-2H3,(H,23,25)(H,27,28)/t11-,13-,14-,15-/m0/s1. The molecule has 10 heteroatoms. The zero-order chi connectivity index (χ0) is 21.3. The first kappa shape index (κ1) is 23.7. The molecule has 0 radical (unpaired) electrons. The second-order valence-electron chi connectivity index (χ2n) is 7.02. The lowest BCUT2D eigenvalue weighted by atomic mass is 9.99. The summed E-state index contributed by atoms with van der Waals surface area (Å²) < 4.78 is 1.30. The van der Waals surface area contributed by atoms with Crippen LogP contribution in [0.15, 0.2) is 12.5 Å². The van der Waals surface area contributed by atoms with Gasteiger partial charge in [-0.15, -0.1) is 0 Å². The van der Waals surface area contributed by atoms with Crippen molar-refractivity contribution in [1.82, 2.24) is 14.9 Å². The largest absolute Gasteiger partial charge is 0.480 e. The minimum atomic E-state index is -1.12. The van der Waals surface area contributed by atoms with Crippen molar-refractivity contribution in [3.8, 4) is 0 Å². The van der Waals surface area contributed by atoms with Gasteiger partial charge in [0.15, 0.2) is 0 Å². The molecule has 0 aliphatic carbocycles. The summed E-state index contributed by atoms with van der Waals surface area (Å²) in [7, 11) is 0. The zero-order valence-electron chi connectivity index (χ0n) is 16.5. The van der Waals surface area contributed by atoms with Gasteiger partial charge < -0.3 is 27.6 Å². The molecule has 0 aromatic carbocycles. The van der Waals surface area contributed by atoms with E-state index in [2.05, 4.69) is 10.3 Å².